The fraction of sp³-hybridized carbons (Fsp3) is 0.818. The number of hydrogen-bond donors (Lipinski definition) is 1. The minimum atomic E-state index is -0.790. The molecule has 1 unspecified atom stereocenters. The lowest BCUT2D eigenvalue weighted by Gasteiger charge is -2.38. The summed E-state index contributed by atoms with van der Waals surface area (Å²) in [6, 6.07) is -0.187. The predicted octanol–water partition coefficient (Wildman–Crippen LogP) is 1.45. The van der Waals surface area contributed by atoms with Gasteiger partial charge >= 0.3 is 5.97 Å². The second-order valence-corrected chi connectivity index (χ2v) is 5.42. The molecule has 3 atom stereocenters. The van der Waals surface area contributed by atoms with Crippen molar-refractivity contribution in [3.63, 3.8) is 0 Å². The van der Waals surface area contributed by atoms with Gasteiger partial charge in [0.05, 0.1) is 11.2 Å². The Morgan fingerprint density at radius 2 is 2.12 bits per heavy atom. The van der Waals surface area contributed by atoms with E-state index in [9.17, 15) is 9.59 Å². The van der Waals surface area contributed by atoms with Gasteiger partial charge in [-0.1, -0.05) is 0 Å². The molecule has 92 valence electrons. The topological polar surface area (TPSA) is 57.6 Å². The van der Waals surface area contributed by atoms with Crippen molar-refractivity contribution in [1.29, 1.82) is 0 Å². The van der Waals surface area contributed by atoms with Crippen molar-refractivity contribution < 1.29 is 14.7 Å². The van der Waals surface area contributed by atoms with Crippen LogP contribution in [0.25, 0.3) is 0 Å². The van der Waals surface area contributed by atoms with Crippen LogP contribution in [0.15, 0.2) is 0 Å². The van der Waals surface area contributed by atoms with Crippen molar-refractivity contribution in [3.05, 3.63) is 0 Å². The van der Waals surface area contributed by atoms with Gasteiger partial charge in [0.2, 0.25) is 5.91 Å². The van der Waals surface area contributed by atoms with E-state index in [-0.39, 0.29) is 17.2 Å². The van der Waals surface area contributed by atoms with Crippen LogP contribution >= 0.6 is 11.8 Å². The van der Waals surface area contributed by atoms with Gasteiger partial charge in [-0.15, -0.1) is 0 Å². The van der Waals surface area contributed by atoms with Crippen LogP contribution in [0.2, 0.25) is 0 Å². The molecule has 1 saturated heterocycles. The van der Waals surface area contributed by atoms with Crippen LogP contribution in [0, 0.1) is 5.92 Å². The maximum absolute atomic E-state index is 12.0. The fourth-order valence-electron chi connectivity index (χ4n) is 2.12. The average molecular weight is 245 g/mol. The van der Waals surface area contributed by atoms with E-state index in [4.69, 9.17) is 5.11 Å². The Labute approximate surface area is 100 Å². The quantitative estimate of drug-likeness (QED) is 0.817. The number of nitrogens with zero attached hydrogens (tertiary/aromatic N) is 1. The van der Waals surface area contributed by atoms with Gasteiger partial charge in [-0.2, -0.15) is 11.8 Å². The van der Waals surface area contributed by atoms with Crippen LogP contribution in [-0.2, 0) is 9.59 Å². The zero-order valence-electron chi connectivity index (χ0n) is 9.97. The molecule has 0 aromatic heterocycles. The second-order valence-electron chi connectivity index (χ2n) is 4.24. The summed E-state index contributed by atoms with van der Waals surface area (Å²) in [6.07, 6.45) is 3.36. The van der Waals surface area contributed by atoms with Crippen molar-refractivity contribution in [2.75, 3.05) is 12.8 Å². The summed E-state index contributed by atoms with van der Waals surface area (Å²) in [5, 5.41) is 8.97. The summed E-state index contributed by atoms with van der Waals surface area (Å²) < 4.78 is 0. The molecule has 0 spiro atoms. The Morgan fingerprint density at radius 3 is 2.62 bits per heavy atom. The Bertz CT molecular complexity index is 282. The molecule has 0 aliphatic carbocycles. The van der Waals surface area contributed by atoms with Crippen LogP contribution in [0.4, 0.5) is 0 Å². The number of carboxylic acid groups (broad SMARTS) is 1. The third-order valence-electron chi connectivity index (χ3n) is 3.29. The molecule has 0 bridgehead atoms. The van der Waals surface area contributed by atoms with Crippen molar-refractivity contribution in [2.24, 2.45) is 5.92 Å². The van der Waals surface area contributed by atoms with E-state index in [0.29, 0.717) is 13.0 Å². The summed E-state index contributed by atoms with van der Waals surface area (Å²) >= 11 is 1.50. The highest BCUT2D eigenvalue weighted by molar-refractivity contribution is 7.99. The SMILES string of the molecule is CSC(C)C(=O)N1CCC[C@H](C(=O)O)[C@@H]1C. The molecule has 1 heterocycles. The zero-order chi connectivity index (χ0) is 12.3. The minimum Gasteiger partial charge on any atom is -0.481 e. The number of aliphatic carboxylic acids is 1. The molecule has 1 fully saturated rings. The van der Waals surface area contributed by atoms with Crippen molar-refractivity contribution in [1.82, 2.24) is 4.90 Å². The van der Waals surface area contributed by atoms with E-state index in [1.807, 2.05) is 20.1 Å². The number of piperidine rings is 1. The molecule has 5 heteroatoms. The predicted molar refractivity (Wildman–Crippen MR) is 64.5 cm³/mol. The van der Waals surface area contributed by atoms with Gasteiger partial charge in [0, 0.05) is 12.6 Å². The van der Waals surface area contributed by atoms with Crippen LogP contribution in [0.3, 0.4) is 0 Å². The van der Waals surface area contributed by atoms with E-state index in [2.05, 4.69) is 0 Å². The van der Waals surface area contributed by atoms with Gasteiger partial charge in [0.15, 0.2) is 0 Å². The first-order chi connectivity index (χ1) is 7.49. The van der Waals surface area contributed by atoms with Gasteiger partial charge in [0.1, 0.15) is 0 Å². The lowest BCUT2D eigenvalue weighted by Crippen LogP contribution is -2.51. The van der Waals surface area contributed by atoms with Crippen molar-refractivity contribution >= 4 is 23.6 Å². The largest absolute Gasteiger partial charge is 0.481 e. The maximum Gasteiger partial charge on any atom is 0.308 e. The second kappa shape index (κ2) is 5.57. The molecule has 0 aromatic carbocycles. The highest BCUT2D eigenvalue weighted by Gasteiger charge is 2.36. The number of carbonyl (C=O) groups is 2. The molecular weight excluding hydrogens is 226 g/mol. The normalized spacial score (nSPS) is 27.6. The van der Waals surface area contributed by atoms with Crippen LogP contribution < -0.4 is 0 Å². The molecule has 4 nitrogen and oxygen atoms in total. The van der Waals surface area contributed by atoms with Crippen LogP contribution in [0.1, 0.15) is 26.7 Å². The number of rotatable bonds is 3. The minimum absolute atomic E-state index is 0.0611. The molecule has 1 amide bonds. The summed E-state index contributed by atoms with van der Waals surface area (Å²) in [5.41, 5.74) is 0. The van der Waals surface area contributed by atoms with Crippen LogP contribution in [0.5, 0.6) is 0 Å². The Morgan fingerprint density at radius 1 is 1.50 bits per heavy atom. The molecule has 16 heavy (non-hydrogen) atoms. The lowest BCUT2D eigenvalue weighted by molar-refractivity contribution is -0.148. The van der Waals surface area contributed by atoms with E-state index >= 15 is 0 Å². The summed E-state index contributed by atoms with van der Waals surface area (Å²) in [7, 11) is 0. The summed E-state index contributed by atoms with van der Waals surface area (Å²) in [4.78, 5) is 24.8. The zero-order valence-corrected chi connectivity index (χ0v) is 10.8. The molecule has 1 aliphatic rings. The lowest BCUT2D eigenvalue weighted by atomic mass is 9.90. The van der Waals surface area contributed by atoms with E-state index in [0.717, 1.165) is 6.42 Å². The van der Waals surface area contributed by atoms with Gasteiger partial charge in [-0.3, -0.25) is 9.59 Å². The van der Waals surface area contributed by atoms with Crippen LogP contribution in [-0.4, -0.2) is 46.0 Å². The number of amides is 1. The van der Waals surface area contributed by atoms with Crippen molar-refractivity contribution in [2.45, 2.75) is 38.0 Å². The first-order valence-electron chi connectivity index (χ1n) is 5.55. The summed E-state index contributed by atoms with van der Waals surface area (Å²) in [6.45, 7) is 4.39. The molecular formula is C11H19NO3S. The number of hydrogen-bond acceptors (Lipinski definition) is 3. The molecule has 1 N–H and O–H groups in total. The summed E-state index contributed by atoms with van der Waals surface area (Å²) in [5.74, 6) is -1.14. The van der Waals surface area contributed by atoms with Crippen molar-refractivity contribution in [3.8, 4) is 0 Å². The van der Waals surface area contributed by atoms with Gasteiger partial charge in [-0.25, -0.2) is 0 Å². The highest BCUT2D eigenvalue weighted by atomic mass is 32.2. The monoisotopic (exact) mass is 245 g/mol. The average Bonchev–Trinajstić information content (AvgIpc) is 2.27. The first kappa shape index (κ1) is 13.4. The maximum atomic E-state index is 12.0. The Kier molecular flexibility index (Phi) is 4.65. The van der Waals surface area contributed by atoms with E-state index in [1.165, 1.54) is 11.8 Å². The first-order valence-corrected chi connectivity index (χ1v) is 6.84. The van der Waals surface area contributed by atoms with E-state index in [1.54, 1.807) is 4.90 Å². The molecule has 1 aliphatic heterocycles. The molecule has 0 aromatic rings. The molecule has 0 radical (unpaired) electrons. The number of carboxylic acids is 1. The Balaban J connectivity index is 2.73. The van der Waals surface area contributed by atoms with Gasteiger partial charge in [0.25, 0.3) is 0 Å². The number of carbonyl (C=O) groups excluding carboxylic acids is 1. The standard InChI is InChI=1S/C11H19NO3S/c1-7-9(11(14)15)5-4-6-12(7)10(13)8(2)16-3/h7-9H,4-6H2,1-3H3,(H,14,15)/t7-,8?,9-/m0/s1. The third-order valence-corrected chi connectivity index (χ3v) is 4.20. The fourth-order valence-corrected chi connectivity index (χ4v) is 2.46. The number of thioether (sulfide) groups is 1. The third kappa shape index (κ3) is 2.70. The van der Waals surface area contributed by atoms with Gasteiger partial charge < -0.3 is 10.0 Å². The molecule has 1 rings (SSSR count). The molecule has 0 saturated carbocycles. The smallest absolute Gasteiger partial charge is 0.308 e. The number of likely N-dealkylation sites (tertiary alicyclic amines) is 1. The van der Waals surface area contributed by atoms with E-state index < -0.39 is 11.9 Å². The van der Waals surface area contributed by atoms with Gasteiger partial charge in [-0.05, 0) is 32.9 Å². The Hall–Kier alpha value is -0.710. The highest BCUT2D eigenvalue weighted by Crippen LogP contribution is 2.25.